The van der Waals surface area contributed by atoms with Gasteiger partial charge in [0.2, 0.25) is 0 Å². The lowest BCUT2D eigenvalue weighted by Gasteiger charge is -2.10. The summed E-state index contributed by atoms with van der Waals surface area (Å²) in [6.45, 7) is 2.83. The molecule has 0 amide bonds. The van der Waals surface area contributed by atoms with E-state index in [1.807, 2.05) is 6.92 Å². The maximum atomic E-state index is 11.3. The second kappa shape index (κ2) is 3.44. The van der Waals surface area contributed by atoms with Gasteiger partial charge >= 0.3 is 5.97 Å². The summed E-state index contributed by atoms with van der Waals surface area (Å²) in [6.07, 6.45) is 3.94. The first-order valence-electron chi connectivity index (χ1n) is 4.86. The summed E-state index contributed by atoms with van der Waals surface area (Å²) in [6, 6.07) is 0. The molecule has 2 heterocycles. The fraction of sp³-hybridized carbons (Fsp3) is 0.600. The molecule has 0 spiro atoms. The zero-order valence-electron chi connectivity index (χ0n) is 8.49. The number of nitrogens with zero attached hydrogens (tertiary/aromatic N) is 2. The van der Waals surface area contributed by atoms with E-state index in [9.17, 15) is 4.79 Å². The van der Waals surface area contributed by atoms with Gasteiger partial charge in [-0.25, -0.2) is 4.98 Å². The first-order valence-corrected chi connectivity index (χ1v) is 4.86. The Bertz CT molecular complexity index is 357. The van der Waals surface area contributed by atoms with Crippen molar-refractivity contribution in [2.45, 2.75) is 32.2 Å². The number of methoxy groups -OCH3 is 1. The van der Waals surface area contributed by atoms with E-state index in [-0.39, 0.29) is 11.9 Å². The molecule has 0 fully saturated rings. The number of esters is 1. The lowest BCUT2D eigenvalue weighted by molar-refractivity contribution is -0.142. The van der Waals surface area contributed by atoms with Crippen LogP contribution in [0.15, 0.2) is 6.20 Å². The Kier molecular flexibility index (Phi) is 2.27. The van der Waals surface area contributed by atoms with Crippen LogP contribution in [0, 0.1) is 0 Å². The van der Waals surface area contributed by atoms with E-state index >= 15 is 0 Å². The number of carbonyl (C=O) groups is 1. The number of rotatable bonds is 2. The Morgan fingerprint density at radius 1 is 1.71 bits per heavy atom. The zero-order valence-corrected chi connectivity index (χ0v) is 8.49. The smallest absolute Gasteiger partial charge is 0.314 e. The van der Waals surface area contributed by atoms with E-state index in [0.29, 0.717) is 0 Å². The molecule has 4 heteroatoms. The van der Waals surface area contributed by atoms with Gasteiger partial charge in [0.1, 0.15) is 5.82 Å². The van der Waals surface area contributed by atoms with Gasteiger partial charge in [0.05, 0.1) is 18.7 Å². The van der Waals surface area contributed by atoms with Crippen molar-refractivity contribution in [2.75, 3.05) is 7.11 Å². The predicted octanol–water partition coefficient (Wildman–Crippen LogP) is 1.11. The molecule has 1 aromatic heterocycles. The number of hydrogen-bond acceptors (Lipinski definition) is 3. The largest absolute Gasteiger partial charge is 0.469 e. The molecule has 0 N–H and O–H groups in total. The van der Waals surface area contributed by atoms with Crippen molar-refractivity contribution in [3.8, 4) is 0 Å². The van der Waals surface area contributed by atoms with Gasteiger partial charge in [0, 0.05) is 19.2 Å². The first-order chi connectivity index (χ1) is 6.74. The lowest BCUT2D eigenvalue weighted by Crippen LogP contribution is -2.14. The molecule has 14 heavy (non-hydrogen) atoms. The molecular formula is C10H14N2O2. The zero-order chi connectivity index (χ0) is 10.1. The lowest BCUT2D eigenvalue weighted by atomic mass is 10.1. The van der Waals surface area contributed by atoms with Gasteiger partial charge in [-0.2, -0.15) is 0 Å². The fourth-order valence-corrected chi connectivity index (χ4v) is 1.93. The minimum absolute atomic E-state index is 0.195. The maximum Gasteiger partial charge on any atom is 0.314 e. The molecule has 1 atom stereocenters. The molecule has 0 radical (unpaired) electrons. The number of hydrogen-bond donors (Lipinski definition) is 0. The third kappa shape index (κ3) is 1.31. The second-order valence-corrected chi connectivity index (χ2v) is 3.60. The summed E-state index contributed by atoms with van der Waals surface area (Å²) in [7, 11) is 1.42. The molecule has 0 saturated heterocycles. The van der Waals surface area contributed by atoms with E-state index in [1.165, 1.54) is 7.11 Å². The van der Waals surface area contributed by atoms with Crippen LogP contribution >= 0.6 is 0 Å². The van der Waals surface area contributed by atoms with Gasteiger partial charge in [0.15, 0.2) is 0 Å². The molecular weight excluding hydrogens is 180 g/mol. The van der Waals surface area contributed by atoms with Crippen molar-refractivity contribution in [3.63, 3.8) is 0 Å². The number of ether oxygens (including phenoxy) is 1. The molecule has 0 aliphatic carbocycles. The van der Waals surface area contributed by atoms with Crippen LogP contribution in [0.5, 0.6) is 0 Å². The van der Waals surface area contributed by atoms with E-state index in [1.54, 1.807) is 6.20 Å². The van der Waals surface area contributed by atoms with Crippen molar-refractivity contribution in [2.24, 2.45) is 0 Å². The van der Waals surface area contributed by atoms with Gasteiger partial charge in [-0.05, 0) is 13.3 Å². The number of aryl methyl sites for hydroxylation is 1. The van der Waals surface area contributed by atoms with Gasteiger partial charge in [-0.3, -0.25) is 4.79 Å². The summed E-state index contributed by atoms with van der Waals surface area (Å²) in [5.74, 6) is 0.690. The van der Waals surface area contributed by atoms with Crippen LogP contribution in [-0.2, 0) is 22.5 Å². The molecule has 1 aliphatic rings. The van der Waals surface area contributed by atoms with E-state index in [4.69, 9.17) is 4.74 Å². The molecule has 0 aromatic carbocycles. The Morgan fingerprint density at radius 3 is 3.21 bits per heavy atom. The summed E-state index contributed by atoms with van der Waals surface area (Å²) in [4.78, 5) is 15.6. The highest BCUT2D eigenvalue weighted by Crippen LogP contribution is 2.23. The quantitative estimate of drug-likeness (QED) is 0.662. The SMILES string of the molecule is COC(=O)C(C)c1cnc2n1CCC2. The van der Waals surface area contributed by atoms with E-state index in [2.05, 4.69) is 9.55 Å². The van der Waals surface area contributed by atoms with Crippen molar-refractivity contribution >= 4 is 5.97 Å². The average molecular weight is 194 g/mol. The molecule has 1 unspecified atom stereocenters. The molecule has 76 valence electrons. The summed E-state index contributed by atoms with van der Waals surface area (Å²) in [5.41, 5.74) is 0.976. The second-order valence-electron chi connectivity index (χ2n) is 3.60. The summed E-state index contributed by atoms with van der Waals surface area (Å²) in [5, 5.41) is 0. The standard InChI is InChI=1S/C10H14N2O2/c1-7(10(13)14-2)8-6-11-9-4-3-5-12(8)9/h6-7H,3-5H2,1-2H3. The molecule has 1 aromatic rings. The minimum Gasteiger partial charge on any atom is -0.469 e. The van der Waals surface area contributed by atoms with Crippen LogP contribution < -0.4 is 0 Å². The molecule has 1 aliphatic heterocycles. The monoisotopic (exact) mass is 194 g/mol. The third-order valence-electron chi connectivity index (χ3n) is 2.75. The highest BCUT2D eigenvalue weighted by molar-refractivity contribution is 5.76. The molecule has 0 saturated carbocycles. The van der Waals surface area contributed by atoms with Crippen molar-refractivity contribution in [1.82, 2.24) is 9.55 Å². The van der Waals surface area contributed by atoms with Gasteiger partial charge in [0.25, 0.3) is 0 Å². The fourth-order valence-electron chi connectivity index (χ4n) is 1.93. The normalized spacial score (nSPS) is 16.4. The molecule has 2 rings (SSSR count). The number of fused-ring (bicyclic) bond motifs is 1. The Morgan fingerprint density at radius 2 is 2.50 bits per heavy atom. The van der Waals surface area contributed by atoms with Crippen molar-refractivity contribution in [3.05, 3.63) is 17.7 Å². The predicted molar refractivity (Wildman–Crippen MR) is 51.0 cm³/mol. The maximum absolute atomic E-state index is 11.3. The number of aromatic nitrogens is 2. The van der Waals surface area contributed by atoms with Crippen molar-refractivity contribution in [1.29, 1.82) is 0 Å². The van der Waals surface area contributed by atoms with Crippen LogP contribution in [-0.4, -0.2) is 22.6 Å². The summed E-state index contributed by atoms with van der Waals surface area (Å²) >= 11 is 0. The number of carbonyl (C=O) groups excluding carboxylic acids is 1. The van der Waals surface area contributed by atoms with Crippen LogP contribution in [0.25, 0.3) is 0 Å². The van der Waals surface area contributed by atoms with Gasteiger partial charge in [-0.15, -0.1) is 0 Å². The Labute approximate surface area is 82.9 Å². The summed E-state index contributed by atoms with van der Waals surface area (Å²) < 4.78 is 6.84. The van der Waals surface area contributed by atoms with Gasteiger partial charge < -0.3 is 9.30 Å². The van der Waals surface area contributed by atoms with Crippen LogP contribution in [0.2, 0.25) is 0 Å². The highest BCUT2D eigenvalue weighted by atomic mass is 16.5. The van der Waals surface area contributed by atoms with E-state index < -0.39 is 0 Å². The minimum atomic E-state index is -0.209. The number of imidazole rings is 1. The third-order valence-corrected chi connectivity index (χ3v) is 2.75. The molecule has 0 bridgehead atoms. The Balaban J connectivity index is 2.28. The van der Waals surface area contributed by atoms with E-state index in [0.717, 1.165) is 30.9 Å². The van der Waals surface area contributed by atoms with Crippen molar-refractivity contribution < 1.29 is 9.53 Å². The molecule has 4 nitrogen and oxygen atoms in total. The topological polar surface area (TPSA) is 44.1 Å². The van der Waals surface area contributed by atoms with Crippen LogP contribution in [0.3, 0.4) is 0 Å². The highest BCUT2D eigenvalue weighted by Gasteiger charge is 2.24. The van der Waals surface area contributed by atoms with Crippen LogP contribution in [0.1, 0.15) is 30.8 Å². The Hall–Kier alpha value is -1.32. The van der Waals surface area contributed by atoms with Crippen LogP contribution in [0.4, 0.5) is 0 Å². The first kappa shape index (κ1) is 9.24. The average Bonchev–Trinajstić information content (AvgIpc) is 2.76. The van der Waals surface area contributed by atoms with Gasteiger partial charge in [-0.1, -0.05) is 0 Å².